The average molecular weight is 218 g/mol. The van der Waals surface area contributed by atoms with Gasteiger partial charge in [-0.15, -0.1) is 0 Å². The molecule has 1 aromatic carbocycles. The summed E-state index contributed by atoms with van der Waals surface area (Å²) >= 11 is 0. The first-order valence-electron chi connectivity index (χ1n) is 6.26. The monoisotopic (exact) mass is 218 g/mol. The van der Waals surface area contributed by atoms with E-state index in [4.69, 9.17) is 5.73 Å². The number of hydrogen-bond donors (Lipinski definition) is 1. The lowest BCUT2D eigenvalue weighted by atomic mass is 9.90. The Morgan fingerprint density at radius 3 is 2.50 bits per heavy atom. The van der Waals surface area contributed by atoms with Gasteiger partial charge in [0.05, 0.1) is 0 Å². The van der Waals surface area contributed by atoms with E-state index in [9.17, 15) is 0 Å². The van der Waals surface area contributed by atoms with E-state index < -0.39 is 0 Å². The third-order valence-electron chi connectivity index (χ3n) is 3.76. The zero-order valence-corrected chi connectivity index (χ0v) is 10.1. The molecule has 2 heteroatoms. The second kappa shape index (κ2) is 5.46. The first-order valence-corrected chi connectivity index (χ1v) is 6.26. The van der Waals surface area contributed by atoms with Crippen molar-refractivity contribution in [1.82, 2.24) is 4.90 Å². The highest BCUT2D eigenvalue weighted by molar-refractivity contribution is 5.20. The Hall–Kier alpha value is -0.860. The molecular formula is C14H22N2. The van der Waals surface area contributed by atoms with Crippen molar-refractivity contribution in [3.63, 3.8) is 0 Å². The molecule has 1 aliphatic rings. The van der Waals surface area contributed by atoms with Crippen molar-refractivity contribution >= 4 is 0 Å². The van der Waals surface area contributed by atoms with Gasteiger partial charge in [-0.05, 0) is 25.5 Å². The van der Waals surface area contributed by atoms with Crippen molar-refractivity contribution in [3.8, 4) is 0 Å². The van der Waals surface area contributed by atoms with Crippen LogP contribution in [0, 0.1) is 0 Å². The van der Waals surface area contributed by atoms with Crippen LogP contribution in [0.1, 0.15) is 30.7 Å². The van der Waals surface area contributed by atoms with E-state index in [1.807, 2.05) is 0 Å². The van der Waals surface area contributed by atoms with Crippen LogP contribution >= 0.6 is 0 Å². The van der Waals surface area contributed by atoms with Crippen molar-refractivity contribution in [1.29, 1.82) is 0 Å². The molecule has 88 valence electrons. The van der Waals surface area contributed by atoms with Crippen LogP contribution in [0.2, 0.25) is 0 Å². The third-order valence-corrected chi connectivity index (χ3v) is 3.76. The molecule has 0 radical (unpaired) electrons. The smallest absolute Gasteiger partial charge is 0.00924 e. The van der Waals surface area contributed by atoms with Gasteiger partial charge in [0.25, 0.3) is 0 Å². The maximum atomic E-state index is 5.89. The largest absolute Gasteiger partial charge is 0.330 e. The molecule has 2 rings (SSSR count). The van der Waals surface area contributed by atoms with Crippen LogP contribution in [0.3, 0.4) is 0 Å². The minimum atomic E-state index is 0.479. The number of nitrogens with two attached hydrogens (primary N) is 1. The van der Waals surface area contributed by atoms with Gasteiger partial charge in [-0.3, -0.25) is 0 Å². The summed E-state index contributed by atoms with van der Waals surface area (Å²) in [7, 11) is 2.23. The predicted molar refractivity (Wildman–Crippen MR) is 68.5 cm³/mol. The highest BCUT2D eigenvalue weighted by Gasteiger charge is 2.24. The van der Waals surface area contributed by atoms with Gasteiger partial charge < -0.3 is 10.6 Å². The molecule has 1 aromatic rings. The van der Waals surface area contributed by atoms with Crippen molar-refractivity contribution in [3.05, 3.63) is 35.9 Å². The summed E-state index contributed by atoms with van der Waals surface area (Å²) in [5, 5.41) is 0. The molecule has 2 N–H and O–H groups in total. The van der Waals surface area contributed by atoms with Crippen LogP contribution in [0.25, 0.3) is 0 Å². The third kappa shape index (κ3) is 2.63. The van der Waals surface area contributed by atoms with Gasteiger partial charge in [0.15, 0.2) is 0 Å². The molecule has 0 heterocycles. The van der Waals surface area contributed by atoms with Gasteiger partial charge >= 0.3 is 0 Å². The second-order valence-electron chi connectivity index (χ2n) is 4.87. The number of benzene rings is 1. The molecule has 1 atom stereocenters. The fraction of sp³-hybridized carbons (Fsp3) is 0.571. The molecule has 0 saturated heterocycles. The lowest BCUT2D eigenvalue weighted by molar-refractivity contribution is 0.152. The fourth-order valence-electron chi connectivity index (χ4n) is 2.37. The van der Waals surface area contributed by atoms with Crippen LogP contribution < -0.4 is 5.73 Å². The maximum Gasteiger partial charge on any atom is 0.00924 e. The van der Waals surface area contributed by atoms with Crippen LogP contribution in [0.15, 0.2) is 30.3 Å². The summed E-state index contributed by atoms with van der Waals surface area (Å²) in [4.78, 5) is 2.48. The Kier molecular flexibility index (Phi) is 3.97. The standard InChI is InChI=1S/C14H22N2/c1-16(14-8-5-9-14)11-13(10-15)12-6-3-2-4-7-12/h2-4,6-7,13-14H,5,8-11,15H2,1H3. The first-order chi connectivity index (χ1) is 7.81. The minimum Gasteiger partial charge on any atom is -0.330 e. The maximum absolute atomic E-state index is 5.89. The molecule has 2 nitrogen and oxygen atoms in total. The van der Waals surface area contributed by atoms with Crippen LogP contribution in [-0.2, 0) is 0 Å². The van der Waals surface area contributed by atoms with E-state index in [1.165, 1.54) is 24.8 Å². The van der Waals surface area contributed by atoms with Gasteiger partial charge in [-0.25, -0.2) is 0 Å². The topological polar surface area (TPSA) is 29.3 Å². The molecule has 0 bridgehead atoms. The summed E-state index contributed by atoms with van der Waals surface area (Å²) in [6.07, 6.45) is 4.12. The fourth-order valence-corrected chi connectivity index (χ4v) is 2.37. The van der Waals surface area contributed by atoms with E-state index in [-0.39, 0.29) is 0 Å². The van der Waals surface area contributed by atoms with Crippen LogP contribution in [-0.4, -0.2) is 31.1 Å². The highest BCUT2D eigenvalue weighted by Crippen LogP contribution is 2.25. The second-order valence-corrected chi connectivity index (χ2v) is 4.87. The molecule has 0 aromatic heterocycles. The molecule has 1 aliphatic carbocycles. The van der Waals surface area contributed by atoms with Crippen molar-refractivity contribution in [2.24, 2.45) is 5.73 Å². The number of hydrogen-bond acceptors (Lipinski definition) is 2. The molecule has 1 unspecified atom stereocenters. The molecule has 0 spiro atoms. The molecular weight excluding hydrogens is 196 g/mol. The summed E-state index contributed by atoms with van der Waals surface area (Å²) < 4.78 is 0. The highest BCUT2D eigenvalue weighted by atomic mass is 15.1. The first kappa shape index (κ1) is 11.6. The van der Waals surface area contributed by atoms with E-state index >= 15 is 0 Å². The van der Waals surface area contributed by atoms with Gasteiger partial charge in [-0.1, -0.05) is 36.8 Å². The molecule has 0 aliphatic heterocycles. The summed E-state index contributed by atoms with van der Waals surface area (Å²) in [5.41, 5.74) is 7.26. The van der Waals surface area contributed by atoms with Gasteiger partial charge in [-0.2, -0.15) is 0 Å². The molecule has 16 heavy (non-hydrogen) atoms. The van der Waals surface area contributed by atoms with Crippen molar-refractivity contribution in [2.45, 2.75) is 31.2 Å². The lowest BCUT2D eigenvalue weighted by Gasteiger charge is -2.36. The Labute approximate surface area is 98.4 Å². The van der Waals surface area contributed by atoms with Gasteiger partial charge in [0.2, 0.25) is 0 Å². The van der Waals surface area contributed by atoms with E-state index in [0.29, 0.717) is 5.92 Å². The summed E-state index contributed by atoms with van der Waals surface area (Å²) in [5.74, 6) is 0.479. The van der Waals surface area contributed by atoms with E-state index in [0.717, 1.165) is 19.1 Å². The lowest BCUT2D eigenvalue weighted by Crippen LogP contribution is -2.40. The van der Waals surface area contributed by atoms with Crippen molar-refractivity contribution < 1.29 is 0 Å². The summed E-state index contributed by atoms with van der Waals surface area (Å²) in [6, 6.07) is 11.4. The normalized spacial score (nSPS) is 18.4. The Morgan fingerprint density at radius 2 is 2.00 bits per heavy atom. The zero-order valence-electron chi connectivity index (χ0n) is 10.1. The van der Waals surface area contributed by atoms with E-state index in [2.05, 4.69) is 42.3 Å². The minimum absolute atomic E-state index is 0.479. The molecule has 1 saturated carbocycles. The SMILES string of the molecule is CN(CC(CN)c1ccccc1)C1CCC1. The number of likely N-dealkylation sites (N-methyl/N-ethyl adjacent to an activating group) is 1. The number of nitrogens with zero attached hydrogens (tertiary/aromatic N) is 1. The van der Waals surface area contributed by atoms with E-state index in [1.54, 1.807) is 0 Å². The molecule has 1 fully saturated rings. The van der Waals surface area contributed by atoms with Crippen LogP contribution in [0.5, 0.6) is 0 Å². The summed E-state index contributed by atoms with van der Waals surface area (Å²) in [6.45, 7) is 1.83. The van der Waals surface area contributed by atoms with Gasteiger partial charge in [0, 0.05) is 25.0 Å². The zero-order chi connectivity index (χ0) is 11.4. The average Bonchev–Trinajstić information content (AvgIpc) is 2.24. The van der Waals surface area contributed by atoms with Crippen molar-refractivity contribution in [2.75, 3.05) is 20.1 Å². The molecule has 0 amide bonds. The Balaban J connectivity index is 1.94. The quantitative estimate of drug-likeness (QED) is 0.821. The van der Waals surface area contributed by atoms with Crippen LogP contribution in [0.4, 0.5) is 0 Å². The Bertz CT molecular complexity index is 306. The Morgan fingerprint density at radius 1 is 1.31 bits per heavy atom. The van der Waals surface area contributed by atoms with Gasteiger partial charge in [0.1, 0.15) is 0 Å². The predicted octanol–water partition coefficient (Wildman–Crippen LogP) is 2.21. The number of rotatable bonds is 5.